The number of H-pyrrole nitrogens is 1. The Morgan fingerprint density at radius 3 is 2.61 bits per heavy atom. The molecule has 0 spiro atoms. The van der Waals surface area contributed by atoms with Crippen LogP contribution in [0.1, 0.15) is 12.5 Å². The van der Waals surface area contributed by atoms with Crippen molar-refractivity contribution >= 4 is 48.4 Å². The second kappa shape index (κ2) is 8.44. The first-order chi connectivity index (χ1) is 15.9. The molecule has 33 heavy (non-hydrogen) atoms. The summed E-state index contributed by atoms with van der Waals surface area (Å²) in [5.41, 5.74) is 2.68. The van der Waals surface area contributed by atoms with Gasteiger partial charge < -0.3 is 9.88 Å². The molecule has 0 atom stereocenters. The van der Waals surface area contributed by atoms with E-state index in [1.807, 2.05) is 37.4 Å². The van der Waals surface area contributed by atoms with Crippen molar-refractivity contribution < 1.29 is 13.2 Å². The zero-order valence-corrected chi connectivity index (χ0v) is 19.8. The Labute approximate surface area is 195 Å². The first-order valence-corrected chi connectivity index (χ1v) is 13.1. The number of nitrogens with one attached hydrogen (secondary N) is 1. The number of para-hydroxylation sites is 1. The molecule has 0 radical (unpaired) electrons. The molecule has 1 aliphatic rings. The van der Waals surface area contributed by atoms with Gasteiger partial charge in [0.15, 0.2) is 0 Å². The van der Waals surface area contributed by atoms with Gasteiger partial charge in [-0.2, -0.15) is 4.31 Å². The number of sulfonamides is 1. The van der Waals surface area contributed by atoms with Gasteiger partial charge in [-0.25, -0.2) is 8.42 Å². The zero-order valence-electron chi connectivity index (χ0n) is 18.2. The number of benzene rings is 2. The van der Waals surface area contributed by atoms with Gasteiger partial charge in [0.25, 0.3) is 0 Å². The lowest BCUT2D eigenvalue weighted by molar-refractivity contribution is -0.131. The maximum Gasteiger partial charge on any atom is 0.308 e. The Bertz CT molecular complexity index is 1510. The van der Waals surface area contributed by atoms with E-state index in [-0.39, 0.29) is 35.2 Å². The molecule has 1 fully saturated rings. The highest BCUT2D eigenvalue weighted by Gasteiger charge is 2.30. The number of aromatic amines is 1. The fourth-order valence-corrected chi connectivity index (χ4v) is 6.90. The number of rotatable bonds is 5. The van der Waals surface area contributed by atoms with Crippen LogP contribution in [-0.2, 0) is 27.8 Å². The average Bonchev–Trinajstić information content (AvgIpc) is 3.38. The summed E-state index contributed by atoms with van der Waals surface area (Å²) in [7, 11) is -3.71. The van der Waals surface area contributed by atoms with E-state index < -0.39 is 10.0 Å². The number of nitrogens with zero attached hydrogens (tertiary/aromatic N) is 3. The lowest BCUT2D eigenvalue weighted by Gasteiger charge is -2.34. The van der Waals surface area contributed by atoms with Crippen LogP contribution in [0.4, 0.5) is 0 Å². The van der Waals surface area contributed by atoms with Gasteiger partial charge in [-0.05, 0) is 36.8 Å². The van der Waals surface area contributed by atoms with Gasteiger partial charge in [-0.15, -0.1) is 0 Å². The van der Waals surface area contributed by atoms with Crippen LogP contribution in [-0.4, -0.2) is 59.3 Å². The molecule has 10 heteroatoms. The maximum absolute atomic E-state index is 13.2. The average molecular weight is 485 g/mol. The summed E-state index contributed by atoms with van der Waals surface area (Å²) >= 11 is 1.06. The molecular formula is C23H24N4O4S2. The third kappa shape index (κ3) is 3.88. The topological polar surface area (TPSA) is 95.5 Å². The minimum absolute atomic E-state index is 0.0103. The van der Waals surface area contributed by atoms with E-state index in [9.17, 15) is 18.0 Å². The Morgan fingerprint density at radius 2 is 1.85 bits per heavy atom. The molecule has 0 unspecified atom stereocenters. The fourth-order valence-electron chi connectivity index (χ4n) is 4.39. The number of hydrogen-bond donors (Lipinski definition) is 1. The van der Waals surface area contributed by atoms with Crippen molar-refractivity contribution in [3.63, 3.8) is 0 Å². The smallest absolute Gasteiger partial charge is 0.308 e. The number of fused-ring (bicyclic) bond motifs is 2. The van der Waals surface area contributed by atoms with Crippen LogP contribution in [0.5, 0.6) is 0 Å². The van der Waals surface area contributed by atoms with Gasteiger partial charge in [0, 0.05) is 49.8 Å². The summed E-state index contributed by atoms with van der Waals surface area (Å²) < 4.78 is 30.1. The third-order valence-corrected chi connectivity index (χ3v) is 9.04. The summed E-state index contributed by atoms with van der Waals surface area (Å²) in [4.78, 5) is 30.0. The van der Waals surface area contributed by atoms with Crippen molar-refractivity contribution in [3.8, 4) is 0 Å². The number of aromatic nitrogens is 2. The van der Waals surface area contributed by atoms with E-state index in [0.717, 1.165) is 33.3 Å². The Morgan fingerprint density at radius 1 is 1.09 bits per heavy atom. The van der Waals surface area contributed by atoms with Gasteiger partial charge in [-0.3, -0.25) is 14.2 Å². The molecule has 0 aliphatic carbocycles. The molecule has 1 N–H and O–H groups in total. The number of carbonyl (C=O) groups excluding carboxylic acids is 1. The lowest BCUT2D eigenvalue weighted by atomic mass is 10.1. The number of carbonyl (C=O) groups is 1. The number of piperazine rings is 1. The molecule has 1 amide bonds. The maximum atomic E-state index is 13.2. The van der Waals surface area contributed by atoms with E-state index in [4.69, 9.17) is 0 Å². The van der Waals surface area contributed by atoms with Crippen LogP contribution in [0.2, 0.25) is 0 Å². The number of thiazole rings is 1. The molecule has 1 aliphatic heterocycles. The summed E-state index contributed by atoms with van der Waals surface area (Å²) in [6.45, 7) is 3.61. The molecule has 0 bridgehead atoms. The van der Waals surface area contributed by atoms with Crippen LogP contribution < -0.4 is 4.87 Å². The minimum atomic E-state index is -3.71. The second-order valence-electron chi connectivity index (χ2n) is 8.06. The Hall–Kier alpha value is -2.95. The predicted molar refractivity (Wildman–Crippen MR) is 129 cm³/mol. The highest BCUT2D eigenvalue weighted by atomic mass is 32.2. The standard InChI is InChI=1S/C23H24N4O4S2/c1-2-27-20-8-7-17(14-21(20)32-23(27)29)33(30,31)26-11-9-25(10-12-26)22(28)13-16-15-24-19-6-4-3-5-18(16)19/h3-8,14-15,24H,2,9-13H2,1H3. The largest absolute Gasteiger partial charge is 0.361 e. The molecule has 0 saturated carbocycles. The van der Waals surface area contributed by atoms with E-state index in [1.165, 1.54) is 4.31 Å². The molecule has 2 aromatic heterocycles. The summed E-state index contributed by atoms with van der Waals surface area (Å²) in [6.07, 6.45) is 2.14. The number of hydrogen-bond acceptors (Lipinski definition) is 5. The van der Waals surface area contributed by atoms with Gasteiger partial charge >= 0.3 is 4.87 Å². The first kappa shape index (κ1) is 21.9. The summed E-state index contributed by atoms with van der Waals surface area (Å²) in [6, 6.07) is 12.7. The van der Waals surface area contributed by atoms with Crippen LogP contribution in [0.15, 0.2) is 58.4 Å². The van der Waals surface area contributed by atoms with Crippen LogP contribution in [0, 0.1) is 0 Å². The normalized spacial score (nSPS) is 15.5. The predicted octanol–water partition coefficient (Wildman–Crippen LogP) is 2.64. The highest BCUT2D eigenvalue weighted by molar-refractivity contribution is 7.89. The Kier molecular flexibility index (Phi) is 5.59. The van der Waals surface area contributed by atoms with Crippen LogP contribution in [0.25, 0.3) is 21.1 Å². The molecule has 4 aromatic rings. The zero-order chi connectivity index (χ0) is 23.2. The third-order valence-electron chi connectivity index (χ3n) is 6.20. The van der Waals surface area contributed by atoms with Crippen molar-refractivity contribution in [2.75, 3.05) is 26.2 Å². The number of aryl methyl sites for hydroxylation is 1. The van der Waals surface area contributed by atoms with Gasteiger partial charge in [0.2, 0.25) is 15.9 Å². The fraction of sp³-hybridized carbons (Fsp3) is 0.304. The molecule has 3 heterocycles. The van der Waals surface area contributed by atoms with Crippen LogP contribution >= 0.6 is 11.3 Å². The summed E-state index contributed by atoms with van der Waals surface area (Å²) in [5, 5.41) is 1.03. The molecular weight excluding hydrogens is 460 g/mol. The highest BCUT2D eigenvalue weighted by Crippen LogP contribution is 2.25. The van der Waals surface area contributed by atoms with E-state index >= 15 is 0 Å². The van der Waals surface area contributed by atoms with Gasteiger partial charge in [0.1, 0.15) is 0 Å². The van der Waals surface area contributed by atoms with E-state index in [0.29, 0.717) is 24.3 Å². The van der Waals surface area contributed by atoms with Crippen LogP contribution in [0.3, 0.4) is 0 Å². The molecule has 172 valence electrons. The van der Waals surface area contributed by atoms with Gasteiger partial charge in [-0.1, -0.05) is 29.5 Å². The SMILES string of the molecule is CCn1c(=O)sc2cc(S(=O)(=O)N3CCN(C(=O)Cc4c[nH]c5ccccc45)CC3)ccc21. The van der Waals surface area contributed by atoms with Crippen molar-refractivity contribution in [1.29, 1.82) is 0 Å². The molecule has 5 rings (SSSR count). The molecule has 8 nitrogen and oxygen atoms in total. The Balaban J connectivity index is 1.28. The van der Waals surface area contributed by atoms with Crippen molar-refractivity contribution in [2.45, 2.75) is 24.8 Å². The van der Waals surface area contributed by atoms with Crippen molar-refractivity contribution in [3.05, 3.63) is 63.9 Å². The van der Waals surface area contributed by atoms with Crippen molar-refractivity contribution in [2.24, 2.45) is 0 Å². The minimum Gasteiger partial charge on any atom is -0.361 e. The van der Waals surface area contributed by atoms with Gasteiger partial charge in [0.05, 0.1) is 21.5 Å². The second-order valence-corrected chi connectivity index (χ2v) is 11.0. The monoisotopic (exact) mass is 484 g/mol. The van der Waals surface area contributed by atoms with Crippen molar-refractivity contribution in [1.82, 2.24) is 18.8 Å². The first-order valence-electron chi connectivity index (χ1n) is 10.8. The van der Waals surface area contributed by atoms with E-state index in [1.54, 1.807) is 27.7 Å². The quantitative estimate of drug-likeness (QED) is 0.471. The molecule has 2 aromatic carbocycles. The molecule has 1 saturated heterocycles. The lowest BCUT2D eigenvalue weighted by Crippen LogP contribution is -2.50. The summed E-state index contributed by atoms with van der Waals surface area (Å²) in [5.74, 6) is -0.0103. The van der Waals surface area contributed by atoms with E-state index in [2.05, 4.69) is 4.98 Å². The number of amides is 1.